The second-order valence-corrected chi connectivity index (χ2v) is 12.3. The number of carbonyl (C=O) groups excluding carboxylic acids is 4. The Morgan fingerprint density at radius 2 is 1.09 bits per heavy atom. The van der Waals surface area contributed by atoms with E-state index in [1.807, 2.05) is 20.8 Å². The van der Waals surface area contributed by atoms with Crippen LogP contribution < -0.4 is 49.9 Å². The predicted octanol–water partition coefficient (Wildman–Crippen LogP) is -1.42. The van der Waals surface area contributed by atoms with Crippen LogP contribution in [0, 0.1) is 17.8 Å². The fraction of sp³-hybridized carbons (Fsp3) is 0.767. The molecule has 7 unspecified atom stereocenters. The Morgan fingerprint density at radius 3 is 1.55 bits per heavy atom. The van der Waals surface area contributed by atoms with Crippen LogP contribution in [0.25, 0.3) is 0 Å². The molecule has 15 N–H and O–H groups in total. The number of nitrogens with zero attached hydrogens (tertiary/aromatic N) is 2. The zero-order valence-corrected chi connectivity index (χ0v) is 28.8. The highest BCUT2D eigenvalue weighted by molar-refractivity contribution is 5.95. The molecular weight excluding hydrogens is 610 g/mol. The summed E-state index contributed by atoms with van der Waals surface area (Å²) in [7, 11) is 0. The molecule has 0 fully saturated rings. The third-order valence-corrected chi connectivity index (χ3v) is 7.79. The van der Waals surface area contributed by atoms with Gasteiger partial charge in [0.1, 0.15) is 24.2 Å². The number of amides is 4. The van der Waals surface area contributed by atoms with E-state index >= 15 is 0 Å². The van der Waals surface area contributed by atoms with Crippen molar-refractivity contribution in [3.05, 3.63) is 0 Å². The van der Waals surface area contributed by atoms with E-state index < -0.39 is 59.8 Å². The first kappa shape index (κ1) is 42.9. The average molecular weight is 670 g/mol. The normalized spacial score (nSPS) is 15.5. The summed E-state index contributed by atoms with van der Waals surface area (Å²) >= 11 is 0. The average Bonchev–Trinajstić information content (AvgIpc) is 2.99. The van der Waals surface area contributed by atoms with Gasteiger partial charge in [0.2, 0.25) is 23.6 Å². The first-order chi connectivity index (χ1) is 21.9. The minimum Gasteiger partial charge on any atom is -0.480 e. The fourth-order valence-corrected chi connectivity index (χ4v) is 4.56. The standard InChI is InChI=1S/C30H59N11O6/c1-7-17(5)22(40-24(42)19(31)11-9-13-36-29(32)33)27(45)39-21(15-16(3)4)26(44)38-20(12-10-14-37-30(34)35)25(43)41-23(28(46)47)18(6)8-2/h16-23H,7-15,31H2,1-6H3,(H,38,44)(H,39,45)(H,40,42)(H,41,43)(H,46,47)(H4,32,33,36)(H4,34,35,37). The Hall–Kier alpha value is -4.15. The molecule has 0 saturated carbocycles. The van der Waals surface area contributed by atoms with Crippen molar-refractivity contribution in [3.63, 3.8) is 0 Å². The molecule has 7 atom stereocenters. The highest BCUT2D eigenvalue weighted by Gasteiger charge is 2.34. The van der Waals surface area contributed by atoms with Crippen molar-refractivity contribution in [1.29, 1.82) is 0 Å². The molecule has 0 radical (unpaired) electrons. The molecule has 0 saturated heterocycles. The molecule has 0 spiro atoms. The minimum absolute atomic E-state index is 0.0442. The van der Waals surface area contributed by atoms with E-state index in [4.69, 9.17) is 28.7 Å². The summed E-state index contributed by atoms with van der Waals surface area (Å²) < 4.78 is 0. The van der Waals surface area contributed by atoms with Crippen molar-refractivity contribution in [2.75, 3.05) is 13.1 Å². The van der Waals surface area contributed by atoms with Crippen LogP contribution >= 0.6 is 0 Å². The monoisotopic (exact) mass is 669 g/mol. The van der Waals surface area contributed by atoms with Crippen LogP contribution in [0.3, 0.4) is 0 Å². The number of carbonyl (C=O) groups is 5. The van der Waals surface area contributed by atoms with Gasteiger partial charge >= 0.3 is 5.97 Å². The van der Waals surface area contributed by atoms with Crippen LogP contribution in [0.1, 0.15) is 86.5 Å². The van der Waals surface area contributed by atoms with Crippen LogP contribution in [0.15, 0.2) is 9.98 Å². The SMILES string of the molecule is CCC(C)C(NC(=O)C(CCCN=C(N)N)NC(=O)C(CC(C)C)NC(=O)C(NC(=O)C(N)CCCN=C(N)N)C(C)CC)C(=O)O. The van der Waals surface area contributed by atoms with Gasteiger partial charge in [-0.15, -0.1) is 0 Å². The molecule has 0 bridgehead atoms. The highest BCUT2D eigenvalue weighted by atomic mass is 16.4. The second-order valence-electron chi connectivity index (χ2n) is 12.3. The maximum atomic E-state index is 13.6. The summed E-state index contributed by atoms with van der Waals surface area (Å²) in [5.41, 5.74) is 27.5. The lowest BCUT2D eigenvalue weighted by Crippen LogP contribution is -2.60. The molecule has 4 amide bonds. The predicted molar refractivity (Wildman–Crippen MR) is 182 cm³/mol. The number of carboxylic acids is 1. The summed E-state index contributed by atoms with van der Waals surface area (Å²) in [4.78, 5) is 73.1. The van der Waals surface area contributed by atoms with Crippen molar-refractivity contribution in [2.45, 2.75) is 117 Å². The molecule has 17 heteroatoms. The number of hydrogen-bond donors (Lipinski definition) is 10. The van der Waals surface area contributed by atoms with Crippen molar-refractivity contribution in [3.8, 4) is 0 Å². The Labute approximate surface area is 278 Å². The summed E-state index contributed by atoms with van der Waals surface area (Å²) in [5.74, 6) is -4.58. The van der Waals surface area contributed by atoms with E-state index in [2.05, 4.69) is 31.3 Å². The number of aliphatic carboxylic acids is 1. The summed E-state index contributed by atoms with van der Waals surface area (Å²) in [5, 5.41) is 20.4. The number of nitrogens with one attached hydrogen (secondary N) is 4. The summed E-state index contributed by atoms with van der Waals surface area (Å²) in [6.07, 6.45) is 2.38. The molecule has 0 aromatic carbocycles. The van der Waals surface area contributed by atoms with E-state index in [9.17, 15) is 29.1 Å². The van der Waals surface area contributed by atoms with Crippen LogP contribution in [0.2, 0.25) is 0 Å². The first-order valence-electron chi connectivity index (χ1n) is 16.2. The number of hydrogen-bond acceptors (Lipinski definition) is 8. The second kappa shape index (κ2) is 22.4. The lowest BCUT2D eigenvalue weighted by molar-refractivity contribution is -0.144. The highest BCUT2D eigenvalue weighted by Crippen LogP contribution is 2.13. The van der Waals surface area contributed by atoms with Gasteiger partial charge in [0.05, 0.1) is 6.04 Å². The van der Waals surface area contributed by atoms with Crippen molar-refractivity contribution in [1.82, 2.24) is 21.3 Å². The van der Waals surface area contributed by atoms with E-state index in [1.165, 1.54) is 0 Å². The Bertz CT molecular complexity index is 1080. The zero-order valence-electron chi connectivity index (χ0n) is 28.8. The van der Waals surface area contributed by atoms with Crippen LogP contribution in [-0.2, 0) is 24.0 Å². The topological polar surface area (TPSA) is 309 Å². The molecule has 0 aromatic rings. The molecule has 17 nitrogen and oxygen atoms in total. The quantitative estimate of drug-likeness (QED) is 0.0342. The van der Waals surface area contributed by atoms with Gasteiger partial charge in [-0.25, -0.2) is 4.79 Å². The minimum atomic E-state index is -1.20. The van der Waals surface area contributed by atoms with Crippen LogP contribution in [0.4, 0.5) is 0 Å². The molecule has 0 rings (SSSR count). The largest absolute Gasteiger partial charge is 0.480 e. The van der Waals surface area contributed by atoms with Gasteiger partial charge in [0.15, 0.2) is 11.9 Å². The number of guanidine groups is 2. The smallest absolute Gasteiger partial charge is 0.326 e. The Kier molecular flexibility index (Phi) is 20.4. The van der Waals surface area contributed by atoms with Crippen molar-refractivity contribution >= 4 is 41.5 Å². The molecule has 0 aliphatic rings. The van der Waals surface area contributed by atoms with Gasteiger partial charge in [-0.3, -0.25) is 29.2 Å². The maximum Gasteiger partial charge on any atom is 0.326 e. The van der Waals surface area contributed by atoms with Crippen molar-refractivity contribution in [2.24, 2.45) is 56.4 Å². The molecule has 0 aliphatic heterocycles. The van der Waals surface area contributed by atoms with E-state index in [0.717, 1.165) is 0 Å². The molecule has 0 heterocycles. The molecule has 47 heavy (non-hydrogen) atoms. The van der Waals surface area contributed by atoms with Gasteiger partial charge in [0.25, 0.3) is 0 Å². The third-order valence-electron chi connectivity index (χ3n) is 7.79. The van der Waals surface area contributed by atoms with Gasteiger partial charge in [-0.2, -0.15) is 0 Å². The van der Waals surface area contributed by atoms with Crippen molar-refractivity contribution < 1.29 is 29.1 Å². The summed E-state index contributed by atoms with van der Waals surface area (Å²) in [6.45, 7) is 11.4. The number of carboxylic acid groups (broad SMARTS) is 1. The van der Waals surface area contributed by atoms with Gasteiger partial charge in [-0.05, 0) is 49.9 Å². The van der Waals surface area contributed by atoms with Gasteiger partial charge in [0, 0.05) is 13.1 Å². The molecule has 270 valence electrons. The number of nitrogens with two attached hydrogens (primary N) is 5. The lowest BCUT2D eigenvalue weighted by Gasteiger charge is -2.29. The maximum absolute atomic E-state index is 13.6. The van der Waals surface area contributed by atoms with Gasteiger partial charge in [-0.1, -0.05) is 54.4 Å². The molecular formula is C30H59N11O6. The fourth-order valence-electron chi connectivity index (χ4n) is 4.56. The summed E-state index contributed by atoms with van der Waals surface area (Å²) in [6, 6.07) is -5.30. The van der Waals surface area contributed by atoms with E-state index in [-0.39, 0.29) is 55.5 Å². The lowest BCUT2D eigenvalue weighted by atomic mass is 9.96. The van der Waals surface area contributed by atoms with Crippen LogP contribution in [0.5, 0.6) is 0 Å². The first-order valence-corrected chi connectivity index (χ1v) is 16.2. The molecule has 0 aliphatic carbocycles. The number of rotatable bonds is 23. The Morgan fingerprint density at radius 1 is 0.638 bits per heavy atom. The van der Waals surface area contributed by atoms with Crippen LogP contribution in [-0.4, -0.2) is 89.9 Å². The van der Waals surface area contributed by atoms with E-state index in [0.29, 0.717) is 32.2 Å². The number of aliphatic imine (C=N–C) groups is 2. The van der Waals surface area contributed by atoms with E-state index in [1.54, 1.807) is 20.8 Å². The Balaban J connectivity index is 5.99. The third kappa shape index (κ3) is 17.4. The molecule has 0 aromatic heterocycles. The zero-order chi connectivity index (χ0) is 36.3. The van der Waals surface area contributed by atoms with Gasteiger partial charge < -0.3 is 55.0 Å².